The molecule has 7 heteroatoms. The first-order chi connectivity index (χ1) is 9.56. The van der Waals surface area contributed by atoms with Gasteiger partial charge in [0.1, 0.15) is 0 Å². The molecule has 0 spiro atoms. The van der Waals surface area contributed by atoms with Crippen LogP contribution in [0.2, 0.25) is 0 Å². The van der Waals surface area contributed by atoms with Crippen molar-refractivity contribution in [2.45, 2.75) is 33.2 Å². The van der Waals surface area contributed by atoms with Crippen molar-refractivity contribution in [3.63, 3.8) is 0 Å². The molecule has 7 nitrogen and oxygen atoms in total. The lowest BCUT2D eigenvalue weighted by Gasteiger charge is -2.20. The van der Waals surface area contributed by atoms with Gasteiger partial charge in [-0.1, -0.05) is 0 Å². The van der Waals surface area contributed by atoms with Gasteiger partial charge in [-0.3, -0.25) is 0 Å². The molecule has 1 rings (SSSR count). The zero-order valence-corrected chi connectivity index (χ0v) is 13.1. The van der Waals surface area contributed by atoms with E-state index < -0.39 is 0 Å². The van der Waals surface area contributed by atoms with E-state index >= 15 is 0 Å². The minimum atomic E-state index is 0.341. The third-order valence-electron chi connectivity index (χ3n) is 2.96. The summed E-state index contributed by atoms with van der Waals surface area (Å²) >= 11 is 0. The lowest BCUT2D eigenvalue weighted by molar-refractivity contribution is 0.273. The Bertz CT molecular complexity index is 398. The van der Waals surface area contributed by atoms with Crippen LogP contribution in [0.3, 0.4) is 0 Å². The molecule has 0 atom stereocenters. The molecule has 114 valence electrons. The molecule has 0 radical (unpaired) electrons. The summed E-state index contributed by atoms with van der Waals surface area (Å²) < 4.78 is 5.31. The summed E-state index contributed by atoms with van der Waals surface area (Å²) in [7, 11) is 3.90. The first-order valence-electron chi connectivity index (χ1n) is 7.07. The molecule has 1 aromatic heterocycles. The Morgan fingerprint density at radius 3 is 2.50 bits per heavy atom. The Balaban J connectivity index is 2.48. The van der Waals surface area contributed by atoms with Gasteiger partial charge in [-0.2, -0.15) is 15.0 Å². The minimum Gasteiger partial charge on any atom is -0.464 e. The average molecular weight is 282 g/mol. The van der Waals surface area contributed by atoms with Crippen molar-refractivity contribution < 1.29 is 4.74 Å². The van der Waals surface area contributed by atoms with Crippen LogP contribution in [0.1, 0.15) is 27.2 Å². The molecule has 1 aromatic rings. The summed E-state index contributed by atoms with van der Waals surface area (Å²) in [5.41, 5.74) is 0. The average Bonchev–Trinajstić information content (AvgIpc) is 2.43. The van der Waals surface area contributed by atoms with Gasteiger partial charge in [0, 0.05) is 19.6 Å². The maximum absolute atomic E-state index is 5.31. The van der Waals surface area contributed by atoms with Gasteiger partial charge in [-0.05, 0) is 40.8 Å². The maximum Gasteiger partial charge on any atom is 0.323 e. The Labute approximate surface area is 121 Å². The number of hydrogen-bond acceptors (Lipinski definition) is 7. The smallest absolute Gasteiger partial charge is 0.323 e. The number of rotatable bonds is 9. The quantitative estimate of drug-likeness (QED) is 0.664. The molecule has 0 fully saturated rings. The maximum atomic E-state index is 5.31. The predicted octanol–water partition coefficient (Wildman–Crippen LogP) is 1.45. The van der Waals surface area contributed by atoms with Crippen molar-refractivity contribution >= 4 is 11.9 Å². The summed E-state index contributed by atoms with van der Waals surface area (Å²) in [6.45, 7) is 8.66. The van der Waals surface area contributed by atoms with Gasteiger partial charge in [0.05, 0.1) is 6.61 Å². The molecule has 1 heterocycles. The van der Waals surface area contributed by atoms with Crippen LogP contribution in [0.5, 0.6) is 6.01 Å². The van der Waals surface area contributed by atoms with Gasteiger partial charge in [0.25, 0.3) is 0 Å². The fourth-order valence-corrected chi connectivity index (χ4v) is 1.53. The largest absolute Gasteiger partial charge is 0.464 e. The molecule has 0 saturated carbocycles. The van der Waals surface area contributed by atoms with Crippen molar-refractivity contribution in [1.29, 1.82) is 0 Å². The molecule has 0 aliphatic heterocycles. The number of ether oxygens (including phenoxy) is 1. The molecular formula is C13H26N6O. The van der Waals surface area contributed by atoms with Crippen LogP contribution in [-0.2, 0) is 0 Å². The highest BCUT2D eigenvalue weighted by Crippen LogP contribution is 2.10. The number of nitrogens with one attached hydrogen (secondary N) is 2. The van der Waals surface area contributed by atoms with Gasteiger partial charge in [-0.25, -0.2) is 0 Å². The second kappa shape index (κ2) is 8.52. The van der Waals surface area contributed by atoms with E-state index in [2.05, 4.69) is 51.4 Å². The predicted molar refractivity (Wildman–Crippen MR) is 81.4 cm³/mol. The van der Waals surface area contributed by atoms with Gasteiger partial charge in [0.2, 0.25) is 11.9 Å². The zero-order valence-electron chi connectivity index (χ0n) is 13.1. The third kappa shape index (κ3) is 5.56. The molecular weight excluding hydrogens is 256 g/mol. The van der Waals surface area contributed by atoms with Crippen LogP contribution in [0.25, 0.3) is 0 Å². The molecule has 0 aromatic carbocycles. The Morgan fingerprint density at radius 2 is 1.90 bits per heavy atom. The van der Waals surface area contributed by atoms with Gasteiger partial charge < -0.3 is 20.3 Å². The van der Waals surface area contributed by atoms with Crippen LogP contribution in [-0.4, -0.2) is 59.7 Å². The number of anilines is 2. The monoisotopic (exact) mass is 282 g/mol. The fourth-order valence-electron chi connectivity index (χ4n) is 1.53. The van der Waals surface area contributed by atoms with Crippen LogP contribution >= 0.6 is 0 Å². The summed E-state index contributed by atoms with van der Waals surface area (Å²) in [4.78, 5) is 14.9. The Morgan fingerprint density at radius 1 is 1.20 bits per heavy atom. The highest BCUT2D eigenvalue weighted by atomic mass is 16.5. The molecule has 2 N–H and O–H groups in total. The normalized spacial score (nSPS) is 10.9. The van der Waals surface area contributed by atoms with Crippen molar-refractivity contribution in [2.24, 2.45) is 0 Å². The Kier molecular flexibility index (Phi) is 7.00. The molecule has 0 aliphatic carbocycles. The van der Waals surface area contributed by atoms with Crippen molar-refractivity contribution in [3.8, 4) is 6.01 Å². The van der Waals surface area contributed by atoms with E-state index in [0.29, 0.717) is 30.6 Å². The standard InChI is InChI=1S/C13H26N6O/c1-6-20-13-17-11(14-4)16-12(18-13)15-8-7-9-19(5)10(2)3/h10H,6-9H2,1-5H3,(H2,14,15,16,17,18). The second-order valence-corrected chi connectivity index (χ2v) is 4.80. The van der Waals surface area contributed by atoms with E-state index in [1.54, 1.807) is 7.05 Å². The SMILES string of the molecule is CCOc1nc(NC)nc(NCCCN(C)C(C)C)n1. The molecule has 0 unspecified atom stereocenters. The lowest BCUT2D eigenvalue weighted by atomic mass is 10.3. The topological polar surface area (TPSA) is 75.2 Å². The first kappa shape index (κ1) is 16.4. The number of hydrogen-bond donors (Lipinski definition) is 2. The second-order valence-electron chi connectivity index (χ2n) is 4.80. The first-order valence-corrected chi connectivity index (χ1v) is 7.07. The van der Waals surface area contributed by atoms with Crippen LogP contribution in [0.4, 0.5) is 11.9 Å². The summed E-state index contributed by atoms with van der Waals surface area (Å²) in [5.74, 6) is 1.05. The van der Waals surface area contributed by atoms with Crippen molar-refractivity contribution in [2.75, 3.05) is 44.4 Å². The highest BCUT2D eigenvalue weighted by Gasteiger charge is 2.06. The molecule has 20 heavy (non-hydrogen) atoms. The van der Waals surface area contributed by atoms with Crippen molar-refractivity contribution in [1.82, 2.24) is 19.9 Å². The molecule has 0 bridgehead atoms. The highest BCUT2D eigenvalue weighted by molar-refractivity contribution is 5.35. The molecule has 0 amide bonds. The third-order valence-corrected chi connectivity index (χ3v) is 2.96. The summed E-state index contributed by atoms with van der Waals surface area (Å²) in [6.07, 6.45) is 1.03. The molecule has 0 saturated heterocycles. The van der Waals surface area contributed by atoms with E-state index in [1.165, 1.54) is 0 Å². The zero-order chi connectivity index (χ0) is 15.0. The van der Waals surface area contributed by atoms with E-state index in [0.717, 1.165) is 19.5 Å². The fraction of sp³-hybridized carbons (Fsp3) is 0.769. The van der Waals surface area contributed by atoms with E-state index in [9.17, 15) is 0 Å². The van der Waals surface area contributed by atoms with Crippen LogP contribution in [0.15, 0.2) is 0 Å². The van der Waals surface area contributed by atoms with Crippen LogP contribution in [0, 0.1) is 0 Å². The molecule has 0 aliphatic rings. The van der Waals surface area contributed by atoms with Crippen molar-refractivity contribution in [3.05, 3.63) is 0 Å². The minimum absolute atomic E-state index is 0.341. The summed E-state index contributed by atoms with van der Waals surface area (Å²) in [5, 5.41) is 6.10. The van der Waals surface area contributed by atoms with Gasteiger partial charge in [-0.15, -0.1) is 0 Å². The van der Waals surface area contributed by atoms with E-state index in [4.69, 9.17) is 4.74 Å². The summed E-state index contributed by atoms with van der Waals surface area (Å²) in [6, 6.07) is 0.904. The number of aromatic nitrogens is 3. The van der Waals surface area contributed by atoms with Gasteiger partial charge >= 0.3 is 6.01 Å². The Hall–Kier alpha value is -1.63. The lowest BCUT2D eigenvalue weighted by Crippen LogP contribution is -2.28. The van der Waals surface area contributed by atoms with Gasteiger partial charge in [0.15, 0.2) is 0 Å². The van der Waals surface area contributed by atoms with Crippen LogP contribution < -0.4 is 15.4 Å². The number of nitrogens with zero attached hydrogens (tertiary/aromatic N) is 4. The van der Waals surface area contributed by atoms with E-state index in [1.807, 2.05) is 6.92 Å². The van der Waals surface area contributed by atoms with E-state index in [-0.39, 0.29) is 0 Å².